The summed E-state index contributed by atoms with van der Waals surface area (Å²) in [6.45, 7) is 1.93. The van der Waals surface area contributed by atoms with Gasteiger partial charge in [-0.1, -0.05) is 11.8 Å². The van der Waals surface area contributed by atoms with Crippen molar-refractivity contribution < 1.29 is 4.79 Å². The Kier molecular flexibility index (Phi) is 5.21. The Morgan fingerprint density at radius 1 is 1.48 bits per heavy atom. The molecule has 21 heavy (non-hydrogen) atoms. The second kappa shape index (κ2) is 7.12. The highest BCUT2D eigenvalue weighted by Crippen LogP contribution is 2.19. The number of hydrogen-bond donors (Lipinski definition) is 2. The van der Waals surface area contributed by atoms with Gasteiger partial charge < -0.3 is 15.6 Å². The molecule has 0 fully saturated rings. The maximum Gasteiger partial charge on any atom is 0.224 e. The van der Waals surface area contributed by atoms with E-state index in [1.165, 1.54) is 0 Å². The van der Waals surface area contributed by atoms with Crippen molar-refractivity contribution in [1.82, 2.24) is 14.8 Å². The summed E-state index contributed by atoms with van der Waals surface area (Å²) in [6.07, 6.45) is 2.94. The van der Waals surface area contributed by atoms with Crippen LogP contribution in [0.2, 0.25) is 0 Å². The summed E-state index contributed by atoms with van der Waals surface area (Å²) in [5.74, 6) is 0.849. The Morgan fingerprint density at radius 2 is 2.29 bits per heavy atom. The molecular weight excluding hydrogens is 286 g/mol. The molecular formula is C14H19N5OS. The van der Waals surface area contributed by atoms with E-state index in [1.54, 1.807) is 24.2 Å². The van der Waals surface area contributed by atoms with Crippen LogP contribution in [-0.2, 0) is 11.8 Å². The van der Waals surface area contributed by atoms with Crippen LogP contribution >= 0.6 is 11.8 Å². The van der Waals surface area contributed by atoms with Gasteiger partial charge in [-0.25, -0.2) is 0 Å². The van der Waals surface area contributed by atoms with Gasteiger partial charge in [0.05, 0.1) is 0 Å². The standard InChI is InChI=1S/C14H19N5OS/c1-10-8-11(15)5-6-12(10)17-13(20)4-3-7-21-14-18-16-9-19(14)2/h5-6,8-9H,3-4,7,15H2,1-2H3,(H,17,20). The van der Waals surface area contributed by atoms with E-state index in [0.717, 1.165) is 28.6 Å². The van der Waals surface area contributed by atoms with Crippen LogP contribution in [0.1, 0.15) is 18.4 Å². The Bertz CT molecular complexity index is 626. The molecule has 0 spiro atoms. The summed E-state index contributed by atoms with van der Waals surface area (Å²) in [5, 5.41) is 11.6. The molecule has 0 radical (unpaired) electrons. The van der Waals surface area contributed by atoms with Crippen LogP contribution in [0.15, 0.2) is 29.7 Å². The third kappa shape index (κ3) is 4.49. The molecule has 2 aromatic rings. The van der Waals surface area contributed by atoms with E-state index in [2.05, 4.69) is 15.5 Å². The van der Waals surface area contributed by atoms with Crippen LogP contribution in [0, 0.1) is 6.92 Å². The quantitative estimate of drug-likeness (QED) is 0.485. The van der Waals surface area contributed by atoms with Gasteiger partial charge >= 0.3 is 0 Å². The van der Waals surface area contributed by atoms with Crippen LogP contribution < -0.4 is 11.1 Å². The van der Waals surface area contributed by atoms with Gasteiger partial charge in [0.1, 0.15) is 6.33 Å². The van der Waals surface area contributed by atoms with E-state index < -0.39 is 0 Å². The van der Waals surface area contributed by atoms with Crippen LogP contribution in [-0.4, -0.2) is 26.4 Å². The Balaban J connectivity index is 1.73. The molecule has 0 saturated heterocycles. The van der Waals surface area contributed by atoms with Crippen LogP contribution in [0.3, 0.4) is 0 Å². The lowest BCUT2D eigenvalue weighted by Gasteiger charge is -2.08. The molecule has 0 bridgehead atoms. The van der Waals surface area contributed by atoms with Gasteiger partial charge in [0.25, 0.3) is 0 Å². The minimum absolute atomic E-state index is 0.0152. The molecule has 1 amide bonds. The molecule has 1 aromatic carbocycles. The van der Waals surface area contributed by atoms with Crippen LogP contribution in [0.25, 0.3) is 0 Å². The number of carbonyl (C=O) groups is 1. The van der Waals surface area contributed by atoms with E-state index >= 15 is 0 Å². The zero-order valence-corrected chi connectivity index (χ0v) is 13.0. The number of nitrogens with two attached hydrogens (primary N) is 1. The average Bonchev–Trinajstić information content (AvgIpc) is 2.84. The molecule has 0 atom stereocenters. The molecule has 2 rings (SSSR count). The fraction of sp³-hybridized carbons (Fsp3) is 0.357. The van der Waals surface area contributed by atoms with Crippen molar-refractivity contribution >= 4 is 29.0 Å². The molecule has 7 heteroatoms. The first-order valence-corrected chi connectivity index (χ1v) is 7.67. The summed E-state index contributed by atoms with van der Waals surface area (Å²) in [6, 6.07) is 5.46. The Morgan fingerprint density at radius 3 is 2.95 bits per heavy atom. The first-order chi connectivity index (χ1) is 10.1. The summed E-state index contributed by atoms with van der Waals surface area (Å²) < 4.78 is 1.86. The number of aromatic nitrogens is 3. The molecule has 0 aliphatic heterocycles. The largest absolute Gasteiger partial charge is 0.399 e. The van der Waals surface area contributed by atoms with Crippen molar-refractivity contribution in [2.45, 2.75) is 24.9 Å². The summed E-state index contributed by atoms with van der Waals surface area (Å²) in [7, 11) is 1.90. The number of carbonyl (C=O) groups excluding carboxylic acids is 1. The number of hydrogen-bond acceptors (Lipinski definition) is 5. The number of nitrogen functional groups attached to an aromatic ring is 1. The number of nitrogens with one attached hydrogen (secondary N) is 1. The highest BCUT2D eigenvalue weighted by Gasteiger charge is 2.06. The summed E-state index contributed by atoms with van der Waals surface area (Å²) in [4.78, 5) is 11.9. The lowest BCUT2D eigenvalue weighted by atomic mass is 10.1. The van der Waals surface area contributed by atoms with Crippen molar-refractivity contribution in [2.75, 3.05) is 16.8 Å². The predicted octanol–water partition coefficient (Wildman–Crippen LogP) is 2.22. The highest BCUT2D eigenvalue weighted by molar-refractivity contribution is 7.99. The zero-order chi connectivity index (χ0) is 15.2. The lowest BCUT2D eigenvalue weighted by molar-refractivity contribution is -0.116. The zero-order valence-electron chi connectivity index (χ0n) is 12.2. The van der Waals surface area contributed by atoms with Crippen molar-refractivity contribution in [3.63, 3.8) is 0 Å². The van der Waals surface area contributed by atoms with E-state index in [9.17, 15) is 4.79 Å². The van der Waals surface area contributed by atoms with Gasteiger partial charge in [-0.05, 0) is 37.1 Å². The number of amides is 1. The SMILES string of the molecule is Cc1cc(N)ccc1NC(=O)CCCSc1nncn1C. The molecule has 0 unspecified atom stereocenters. The molecule has 1 aromatic heterocycles. The lowest BCUT2D eigenvalue weighted by Crippen LogP contribution is -2.12. The molecule has 0 aliphatic carbocycles. The number of rotatable bonds is 6. The number of anilines is 2. The van der Waals surface area contributed by atoms with E-state index in [-0.39, 0.29) is 5.91 Å². The Hall–Kier alpha value is -2.02. The molecule has 112 valence electrons. The van der Waals surface area contributed by atoms with Crippen molar-refractivity contribution in [2.24, 2.45) is 7.05 Å². The average molecular weight is 305 g/mol. The molecule has 0 saturated carbocycles. The number of benzene rings is 1. The fourth-order valence-electron chi connectivity index (χ4n) is 1.84. The Labute approximate surface area is 128 Å². The minimum atomic E-state index is 0.0152. The van der Waals surface area contributed by atoms with E-state index in [4.69, 9.17) is 5.73 Å². The van der Waals surface area contributed by atoms with Crippen LogP contribution in [0.5, 0.6) is 0 Å². The summed E-state index contributed by atoms with van der Waals surface area (Å²) in [5.41, 5.74) is 8.17. The monoisotopic (exact) mass is 305 g/mol. The normalized spacial score (nSPS) is 10.6. The second-order valence-corrected chi connectivity index (χ2v) is 5.86. The van der Waals surface area contributed by atoms with Crippen LogP contribution in [0.4, 0.5) is 11.4 Å². The molecule has 3 N–H and O–H groups in total. The van der Waals surface area contributed by atoms with E-state index in [1.807, 2.05) is 30.7 Å². The number of aryl methyl sites for hydroxylation is 2. The van der Waals surface area contributed by atoms with Gasteiger partial charge in [0.15, 0.2) is 5.16 Å². The van der Waals surface area contributed by atoms with Crippen molar-refractivity contribution in [3.05, 3.63) is 30.1 Å². The minimum Gasteiger partial charge on any atom is -0.399 e. The topological polar surface area (TPSA) is 85.8 Å². The van der Waals surface area contributed by atoms with Gasteiger partial charge in [0, 0.05) is 30.6 Å². The fourth-order valence-corrected chi connectivity index (χ4v) is 2.67. The number of nitrogens with zero attached hydrogens (tertiary/aromatic N) is 3. The predicted molar refractivity (Wildman–Crippen MR) is 85.2 cm³/mol. The van der Waals surface area contributed by atoms with E-state index in [0.29, 0.717) is 12.1 Å². The van der Waals surface area contributed by atoms with Gasteiger partial charge in [-0.2, -0.15) is 0 Å². The summed E-state index contributed by atoms with van der Waals surface area (Å²) >= 11 is 1.60. The van der Waals surface area contributed by atoms with Gasteiger partial charge in [0.2, 0.25) is 5.91 Å². The molecule has 1 heterocycles. The second-order valence-electron chi connectivity index (χ2n) is 4.80. The molecule has 0 aliphatic rings. The maximum absolute atomic E-state index is 11.9. The third-order valence-corrected chi connectivity index (χ3v) is 4.09. The molecule has 6 nitrogen and oxygen atoms in total. The maximum atomic E-state index is 11.9. The van der Waals surface area contributed by atoms with Crippen molar-refractivity contribution in [3.8, 4) is 0 Å². The third-order valence-electron chi connectivity index (χ3n) is 2.97. The van der Waals surface area contributed by atoms with Gasteiger partial charge in [-0.15, -0.1) is 10.2 Å². The highest BCUT2D eigenvalue weighted by atomic mass is 32.2. The van der Waals surface area contributed by atoms with Gasteiger partial charge in [-0.3, -0.25) is 4.79 Å². The number of thioether (sulfide) groups is 1. The first kappa shape index (κ1) is 15.4. The smallest absolute Gasteiger partial charge is 0.224 e. The first-order valence-electron chi connectivity index (χ1n) is 6.69. The van der Waals surface area contributed by atoms with Crippen molar-refractivity contribution in [1.29, 1.82) is 0 Å².